The Bertz CT molecular complexity index is 799. The highest BCUT2D eigenvalue weighted by molar-refractivity contribution is 7.99. The van der Waals surface area contributed by atoms with Crippen molar-refractivity contribution in [2.45, 2.75) is 58.0 Å². The van der Waals surface area contributed by atoms with Gasteiger partial charge in [-0.15, -0.1) is 11.8 Å². The molecule has 6 heteroatoms. The molecule has 2 unspecified atom stereocenters. The van der Waals surface area contributed by atoms with Gasteiger partial charge in [0.15, 0.2) is 0 Å². The number of carbonyl (C=O) groups excluding carboxylic acids is 2. The third-order valence-electron chi connectivity index (χ3n) is 4.99. The molecule has 30 heavy (non-hydrogen) atoms. The normalized spacial score (nSPS) is 12.8. The Kier molecular flexibility index (Phi) is 10.2. The fourth-order valence-electron chi connectivity index (χ4n) is 3.06. The SMILES string of the molecule is CCC(C)NC(=O)C(CC)N(Cc1ccc(Cl)cc1)C(=O)CSCc1ccccc1. The van der Waals surface area contributed by atoms with E-state index in [0.29, 0.717) is 23.7 Å². The van der Waals surface area contributed by atoms with Crippen molar-refractivity contribution in [1.82, 2.24) is 10.2 Å². The van der Waals surface area contributed by atoms with E-state index in [9.17, 15) is 9.59 Å². The molecule has 2 atom stereocenters. The molecule has 0 radical (unpaired) electrons. The number of amides is 2. The van der Waals surface area contributed by atoms with Gasteiger partial charge in [-0.25, -0.2) is 0 Å². The summed E-state index contributed by atoms with van der Waals surface area (Å²) in [7, 11) is 0. The maximum Gasteiger partial charge on any atom is 0.243 e. The van der Waals surface area contributed by atoms with Crippen LogP contribution >= 0.6 is 23.4 Å². The van der Waals surface area contributed by atoms with Crippen molar-refractivity contribution in [2.24, 2.45) is 0 Å². The highest BCUT2D eigenvalue weighted by Crippen LogP contribution is 2.18. The van der Waals surface area contributed by atoms with Gasteiger partial charge in [0.1, 0.15) is 6.04 Å². The van der Waals surface area contributed by atoms with Crippen molar-refractivity contribution < 1.29 is 9.59 Å². The molecular formula is C24H31ClN2O2S. The fourth-order valence-corrected chi connectivity index (χ4v) is 4.06. The lowest BCUT2D eigenvalue weighted by atomic mass is 10.1. The Labute approximate surface area is 189 Å². The summed E-state index contributed by atoms with van der Waals surface area (Å²) in [4.78, 5) is 27.8. The van der Waals surface area contributed by atoms with Gasteiger partial charge in [0, 0.05) is 23.4 Å². The van der Waals surface area contributed by atoms with Crippen LogP contribution in [0.2, 0.25) is 5.02 Å². The topological polar surface area (TPSA) is 49.4 Å². The molecule has 0 aliphatic rings. The Morgan fingerprint density at radius 2 is 1.67 bits per heavy atom. The molecule has 0 heterocycles. The molecule has 0 saturated heterocycles. The van der Waals surface area contributed by atoms with E-state index < -0.39 is 6.04 Å². The van der Waals surface area contributed by atoms with Crippen LogP contribution in [0.4, 0.5) is 0 Å². The van der Waals surface area contributed by atoms with Gasteiger partial charge in [0.25, 0.3) is 0 Å². The van der Waals surface area contributed by atoms with Gasteiger partial charge < -0.3 is 10.2 Å². The summed E-state index contributed by atoms with van der Waals surface area (Å²) in [5.41, 5.74) is 2.14. The third kappa shape index (κ3) is 7.69. The van der Waals surface area contributed by atoms with E-state index in [1.165, 1.54) is 5.56 Å². The predicted molar refractivity (Wildman–Crippen MR) is 127 cm³/mol. The van der Waals surface area contributed by atoms with Crippen LogP contribution in [0.1, 0.15) is 44.7 Å². The molecule has 2 aromatic rings. The average molecular weight is 447 g/mol. The number of hydrogen-bond donors (Lipinski definition) is 1. The first-order valence-corrected chi connectivity index (χ1v) is 11.9. The highest BCUT2D eigenvalue weighted by Gasteiger charge is 2.29. The number of benzene rings is 2. The van der Waals surface area contributed by atoms with Gasteiger partial charge in [0.05, 0.1) is 5.75 Å². The van der Waals surface area contributed by atoms with Crippen LogP contribution in [0.15, 0.2) is 54.6 Å². The van der Waals surface area contributed by atoms with Gasteiger partial charge in [-0.2, -0.15) is 0 Å². The second kappa shape index (κ2) is 12.7. The first-order chi connectivity index (χ1) is 14.4. The van der Waals surface area contributed by atoms with Crippen molar-refractivity contribution in [3.8, 4) is 0 Å². The minimum Gasteiger partial charge on any atom is -0.352 e. The molecule has 0 aliphatic heterocycles. The van der Waals surface area contributed by atoms with E-state index in [1.807, 2.05) is 63.2 Å². The molecule has 0 bridgehead atoms. The van der Waals surface area contributed by atoms with E-state index in [4.69, 9.17) is 11.6 Å². The first kappa shape index (κ1) is 24.3. The molecule has 2 rings (SSSR count). The molecule has 0 aromatic heterocycles. The summed E-state index contributed by atoms with van der Waals surface area (Å²) < 4.78 is 0. The van der Waals surface area contributed by atoms with Crippen LogP contribution in [0.3, 0.4) is 0 Å². The average Bonchev–Trinajstić information content (AvgIpc) is 2.75. The zero-order valence-electron chi connectivity index (χ0n) is 17.9. The Hall–Kier alpha value is -1.98. The summed E-state index contributed by atoms with van der Waals surface area (Å²) in [6, 6.07) is 17.1. The van der Waals surface area contributed by atoms with Crippen molar-refractivity contribution >= 4 is 35.2 Å². The van der Waals surface area contributed by atoms with E-state index in [0.717, 1.165) is 17.7 Å². The Morgan fingerprint density at radius 3 is 2.27 bits per heavy atom. The quantitative estimate of drug-likeness (QED) is 0.509. The minimum absolute atomic E-state index is 0.0305. The molecule has 162 valence electrons. The molecule has 0 saturated carbocycles. The number of hydrogen-bond acceptors (Lipinski definition) is 3. The molecule has 1 N–H and O–H groups in total. The third-order valence-corrected chi connectivity index (χ3v) is 6.23. The zero-order valence-corrected chi connectivity index (χ0v) is 19.5. The molecule has 4 nitrogen and oxygen atoms in total. The second-order valence-corrected chi connectivity index (χ2v) is 8.79. The summed E-state index contributed by atoms with van der Waals surface area (Å²) in [5, 5.41) is 3.68. The standard InChI is InChI=1S/C24H31ClN2O2S/c1-4-18(3)26-24(29)22(5-2)27(15-19-11-13-21(25)14-12-19)23(28)17-30-16-20-9-7-6-8-10-20/h6-14,18,22H,4-5,15-17H2,1-3H3,(H,26,29). The monoisotopic (exact) mass is 446 g/mol. The second-order valence-electron chi connectivity index (χ2n) is 7.37. The number of nitrogens with zero attached hydrogens (tertiary/aromatic N) is 1. The maximum absolute atomic E-state index is 13.2. The predicted octanol–water partition coefficient (Wildman–Crippen LogP) is 5.30. The molecule has 2 aromatic carbocycles. The number of halogens is 1. The lowest BCUT2D eigenvalue weighted by Gasteiger charge is -2.31. The van der Waals surface area contributed by atoms with Gasteiger partial charge in [0.2, 0.25) is 11.8 Å². The maximum atomic E-state index is 13.2. The van der Waals surface area contributed by atoms with Gasteiger partial charge in [-0.1, -0.05) is 67.9 Å². The number of rotatable bonds is 11. The summed E-state index contributed by atoms with van der Waals surface area (Å²) >= 11 is 7.57. The summed E-state index contributed by atoms with van der Waals surface area (Å²) in [5.74, 6) is 0.964. The molecular weight excluding hydrogens is 416 g/mol. The van der Waals surface area contributed by atoms with E-state index in [2.05, 4.69) is 17.4 Å². The minimum atomic E-state index is -0.500. The van der Waals surface area contributed by atoms with Crippen molar-refractivity contribution in [1.29, 1.82) is 0 Å². The molecule has 0 fully saturated rings. The Balaban J connectivity index is 2.12. The highest BCUT2D eigenvalue weighted by atomic mass is 35.5. The molecule has 0 spiro atoms. The largest absolute Gasteiger partial charge is 0.352 e. The van der Waals surface area contributed by atoms with Crippen molar-refractivity contribution in [3.63, 3.8) is 0 Å². The van der Waals surface area contributed by atoms with Gasteiger partial charge >= 0.3 is 0 Å². The number of nitrogens with one attached hydrogen (secondary N) is 1. The first-order valence-electron chi connectivity index (χ1n) is 10.4. The summed E-state index contributed by atoms with van der Waals surface area (Å²) in [6.45, 7) is 6.34. The zero-order chi connectivity index (χ0) is 21.9. The smallest absolute Gasteiger partial charge is 0.243 e. The van der Waals surface area contributed by atoms with Crippen LogP contribution in [0, 0.1) is 0 Å². The fraction of sp³-hybridized carbons (Fsp3) is 0.417. The summed E-state index contributed by atoms with van der Waals surface area (Å²) in [6.07, 6.45) is 1.41. The van der Waals surface area contributed by atoms with Crippen molar-refractivity contribution in [3.05, 3.63) is 70.7 Å². The van der Waals surface area contributed by atoms with Gasteiger partial charge in [-0.05, 0) is 43.0 Å². The van der Waals surface area contributed by atoms with Crippen LogP contribution in [-0.2, 0) is 21.9 Å². The Morgan fingerprint density at radius 1 is 1.00 bits per heavy atom. The van der Waals surface area contributed by atoms with E-state index in [-0.39, 0.29) is 17.9 Å². The van der Waals surface area contributed by atoms with Crippen molar-refractivity contribution in [2.75, 3.05) is 5.75 Å². The lowest BCUT2D eigenvalue weighted by molar-refractivity contribution is -0.139. The molecule has 0 aliphatic carbocycles. The lowest BCUT2D eigenvalue weighted by Crippen LogP contribution is -2.51. The molecule has 2 amide bonds. The van der Waals surface area contributed by atoms with Crippen LogP contribution < -0.4 is 5.32 Å². The van der Waals surface area contributed by atoms with Gasteiger partial charge in [-0.3, -0.25) is 9.59 Å². The van der Waals surface area contributed by atoms with Crippen LogP contribution in [-0.4, -0.2) is 34.6 Å². The van der Waals surface area contributed by atoms with Crippen LogP contribution in [0.25, 0.3) is 0 Å². The number of carbonyl (C=O) groups is 2. The van der Waals surface area contributed by atoms with E-state index >= 15 is 0 Å². The van der Waals surface area contributed by atoms with E-state index in [1.54, 1.807) is 16.7 Å². The number of thioether (sulfide) groups is 1. The van der Waals surface area contributed by atoms with Crippen LogP contribution in [0.5, 0.6) is 0 Å².